The minimum Gasteiger partial charge on any atom is -0.317 e. The lowest BCUT2D eigenvalue weighted by Gasteiger charge is -2.38. The molecule has 1 aromatic rings. The van der Waals surface area contributed by atoms with Crippen molar-refractivity contribution in [2.24, 2.45) is 7.05 Å². The molecule has 2 heterocycles. The molecule has 0 atom stereocenters. The maximum absolute atomic E-state index is 12.5. The molecular formula is C8H12F2N4. The molecule has 6 heteroatoms. The Bertz CT molecular complexity index is 339. The first-order chi connectivity index (χ1) is 6.48. The molecule has 0 bridgehead atoms. The van der Waals surface area contributed by atoms with Gasteiger partial charge < -0.3 is 4.57 Å². The van der Waals surface area contributed by atoms with Crippen LogP contribution in [0.25, 0.3) is 0 Å². The summed E-state index contributed by atoms with van der Waals surface area (Å²) in [6.45, 7) is 1.95. The molecule has 1 aromatic heterocycles. The Morgan fingerprint density at radius 3 is 2.43 bits per heavy atom. The Morgan fingerprint density at radius 1 is 1.36 bits per heavy atom. The van der Waals surface area contributed by atoms with Crippen LogP contribution >= 0.6 is 0 Å². The predicted octanol–water partition coefficient (Wildman–Crippen LogP) is 0.574. The maximum Gasteiger partial charge on any atom is 0.272 e. The number of hydrogen-bond donors (Lipinski definition) is 0. The summed E-state index contributed by atoms with van der Waals surface area (Å²) in [6.07, 6.45) is 0. The number of halogens is 2. The van der Waals surface area contributed by atoms with Gasteiger partial charge in [-0.3, -0.25) is 4.90 Å². The van der Waals surface area contributed by atoms with Crippen LogP contribution in [-0.2, 0) is 13.6 Å². The maximum atomic E-state index is 12.5. The average Bonchev–Trinajstić information content (AvgIpc) is 2.33. The smallest absolute Gasteiger partial charge is 0.272 e. The second kappa shape index (κ2) is 2.98. The van der Waals surface area contributed by atoms with Gasteiger partial charge in [-0.15, -0.1) is 10.2 Å². The Morgan fingerprint density at radius 2 is 2.00 bits per heavy atom. The van der Waals surface area contributed by atoms with Crippen LogP contribution in [-0.4, -0.2) is 38.7 Å². The van der Waals surface area contributed by atoms with E-state index < -0.39 is 5.92 Å². The van der Waals surface area contributed by atoms with Gasteiger partial charge in [-0.25, -0.2) is 8.78 Å². The van der Waals surface area contributed by atoms with E-state index in [0.717, 1.165) is 11.6 Å². The molecule has 1 aliphatic rings. The van der Waals surface area contributed by atoms with Crippen molar-refractivity contribution in [1.82, 2.24) is 19.7 Å². The van der Waals surface area contributed by atoms with Crippen molar-refractivity contribution in [1.29, 1.82) is 0 Å². The fraction of sp³-hybridized carbons (Fsp3) is 0.750. The van der Waals surface area contributed by atoms with Gasteiger partial charge in [-0.2, -0.15) is 0 Å². The fourth-order valence-electron chi connectivity index (χ4n) is 1.51. The van der Waals surface area contributed by atoms with Crippen molar-refractivity contribution in [2.45, 2.75) is 19.4 Å². The highest BCUT2D eigenvalue weighted by Gasteiger charge is 2.43. The summed E-state index contributed by atoms with van der Waals surface area (Å²) in [6, 6.07) is 0. The summed E-state index contributed by atoms with van der Waals surface area (Å²) in [4.78, 5) is 1.66. The number of alkyl halides is 2. The van der Waals surface area contributed by atoms with Crippen LogP contribution in [0.1, 0.15) is 11.6 Å². The van der Waals surface area contributed by atoms with Gasteiger partial charge in [0.05, 0.1) is 19.6 Å². The summed E-state index contributed by atoms with van der Waals surface area (Å²) in [5, 5.41) is 7.77. The van der Waals surface area contributed by atoms with Gasteiger partial charge in [0.1, 0.15) is 11.6 Å². The number of nitrogens with zero attached hydrogens (tertiary/aromatic N) is 4. The molecule has 1 fully saturated rings. The van der Waals surface area contributed by atoms with Crippen LogP contribution in [0.15, 0.2) is 0 Å². The van der Waals surface area contributed by atoms with Crippen molar-refractivity contribution >= 4 is 0 Å². The SMILES string of the molecule is Cc1nnc(CN2CC(F)(F)C2)n1C. The third-order valence-electron chi connectivity index (χ3n) is 2.46. The lowest BCUT2D eigenvalue weighted by Crippen LogP contribution is -2.55. The van der Waals surface area contributed by atoms with E-state index in [4.69, 9.17) is 0 Å². The lowest BCUT2D eigenvalue weighted by atomic mass is 10.1. The van der Waals surface area contributed by atoms with Crippen LogP contribution in [0.2, 0.25) is 0 Å². The van der Waals surface area contributed by atoms with Crippen LogP contribution in [0.5, 0.6) is 0 Å². The first-order valence-corrected chi connectivity index (χ1v) is 4.43. The van der Waals surface area contributed by atoms with Crippen molar-refractivity contribution in [3.63, 3.8) is 0 Å². The monoisotopic (exact) mass is 202 g/mol. The van der Waals surface area contributed by atoms with Gasteiger partial charge >= 0.3 is 0 Å². The van der Waals surface area contributed by atoms with Crippen molar-refractivity contribution in [3.05, 3.63) is 11.6 Å². The molecule has 0 amide bonds. The van der Waals surface area contributed by atoms with Crippen molar-refractivity contribution in [2.75, 3.05) is 13.1 Å². The third kappa shape index (κ3) is 1.61. The van der Waals surface area contributed by atoms with E-state index in [2.05, 4.69) is 10.2 Å². The van der Waals surface area contributed by atoms with Crippen LogP contribution in [0, 0.1) is 6.92 Å². The molecule has 1 saturated heterocycles. The highest BCUT2D eigenvalue weighted by atomic mass is 19.3. The molecule has 78 valence electrons. The Kier molecular flexibility index (Phi) is 2.02. The predicted molar refractivity (Wildman–Crippen MR) is 46.0 cm³/mol. The van der Waals surface area contributed by atoms with E-state index in [-0.39, 0.29) is 13.1 Å². The number of aromatic nitrogens is 3. The van der Waals surface area contributed by atoms with E-state index in [0.29, 0.717) is 6.54 Å². The van der Waals surface area contributed by atoms with Gasteiger partial charge in [0.15, 0.2) is 0 Å². The highest BCUT2D eigenvalue weighted by Crippen LogP contribution is 2.27. The van der Waals surface area contributed by atoms with Crippen molar-refractivity contribution < 1.29 is 8.78 Å². The first-order valence-electron chi connectivity index (χ1n) is 4.43. The number of hydrogen-bond acceptors (Lipinski definition) is 3. The molecule has 0 spiro atoms. The van der Waals surface area contributed by atoms with E-state index in [9.17, 15) is 8.78 Å². The van der Waals surface area contributed by atoms with E-state index in [1.54, 1.807) is 4.90 Å². The second-order valence-electron chi connectivity index (χ2n) is 3.72. The molecule has 0 unspecified atom stereocenters. The molecule has 0 radical (unpaired) electrons. The van der Waals surface area contributed by atoms with Gasteiger partial charge in [0, 0.05) is 7.05 Å². The van der Waals surface area contributed by atoms with Crippen LogP contribution < -0.4 is 0 Å². The zero-order valence-corrected chi connectivity index (χ0v) is 8.17. The van der Waals surface area contributed by atoms with E-state index >= 15 is 0 Å². The summed E-state index contributed by atoms with van der Waals surface area (Å²) in [5.41, 5.74) is 0. The van der Waals surface area contributed by atoms with E-state index in [1.807, 2.05) is 18.5 Å². The standard InChI is InChI=1S/C8H12F2N4/c1-6-11-12-7(13(6)2)3-14-4-8(9,10)5-14/h3-5H2,1-2H3. The normalized spacial score (nSPS) is 20.9. The molecule has 2 rings (SSSR count). The molecule has 14 heavy (non-hydrogen) atoms. The Hall–Kier alpha value is -1.04. The van der Waals surface area contributed by atoms with Gasteiger partial charge in [0.2, 0.25) is 0 Å². The second-order valence-corrected chi connectivity index (χ2v) is 3.72. The van der Waals surface area contributed by atoms with Gasteiger partial charge in [-0.1, -0.05) is 0 Å². The molecule has 0 N–H and O–H groups in total. The van der Waals surface area contributed by atoms with Gasteiger partial charge in [-0.05, 0) is 6.92 Å². The van der Waals surface area contributed by atoms with Crippen molar-refractivity contribution in [3.8, 4) is 0 Å². The lowest BCUT2D eigenvalue weighted by molar-refractivity contribution is -0.134. The largest absolute Gasteiger partial charge is 0.317 e. The summed E-state index contributed by atoms with van der Waals surface area (Å²) >= 11 is 0. The highest BCUT2D eigenvalue weighted by molar-refractivity contribution is 4.96. The minimum absolute atomic E-state index is 0.168. The summed E-state index contributed by atoms with van der Waals surface area (Å²) in [5.74, 6) is -0.974. The molecule has 4 nitrogen and oxygen atoms in total. The Balaban J connectivity index is 1.97. The topological polar surface area (TPSA) is 34.0 Å². The number of likely N-dealkylation sites (tertiary alicyclic amines) is 1. The first kappa shape index (κ1) is 9.51. The number of rotatable bonds is 2. The number of aryl methyl sites for hydroxylation is 1. The minimum atomic E-state index is -2.51. The average molecular weight is 202 g/mol. The molecule has 0 saturated carbocycles. The zero-order chi connectivity index (χ0) is 10.3. The molecular weight excluding hydrogens is 190 g/mol. The molecule has 0 aliphatic carbocycles. The van der Waals surface area contributed by atoms with Crippen LogP contribution in [0.3, 0.4) is 0 Å². The summed E-state index contributed by atoms with van der Waals surface area (Å²) < 4.78 is 26.8. The Labute approximate surface area is 80.5 Å². The quantitative estimate of drug-likeness (QED) is 0.703. The van der Waals surface area contributed by atoms with E-state index in [1.165, 1.54) is 0 Å². The fourth-order valence-corrected chi connectivity index (χ4v) is 1.51. The zero-order valence-electron chi connectivity index (χ0n) is 8.17. The van der Waals surface area contributed by atoms with Gasteiger partial charge in [0.25, 0.3) is 5.92 Å². The van der Waals surface area contributed by atoms with Crippen LogP contribution in [0.4, 0.5) is 8.78 Å². The molecule has 0 aromatic carbocycles. The molecule has 1 aliphatic heterocycles. The third-order valence-corrected chi connectivity index (χ3v) is 2.46. The summed E-state index contributed by atoms with van der Waals surface area (Å²) in [7, 11) is 1.84.